The highest BCUT2D eigenvalue weighted by molar-refractivity contribution is 5.39. The SMILES string of the molecule is CC(C)C(N)Cc1cn2ccccc2n1. The van der Waals surface area contributed by atoms with Gasteiger partial charge in [-0.05, 0) is 18.1 Å². The maximum Gasteiger partial charge on any atom is 0.136 e. The Balaban J connectivity index is 2.22. The first kappa shape index (κ1) is 10.2. The monoisotopic (exact) mass is 203 g/mol. The third-order valence-corrected chi connectivity index (χ3v) is 2.72. The Morgan fingerprint density at radius 2 is 2.20 bits per heavy atom. The van der Waals surface area contributed by atoms with Crippen molar-refractivity contribution in [3.8, 4) is 0 Å². The second-order valence-corrected chi connectivity index (χ2v) is 4.31. The number of hydrogen-bond donors (Lipinski definition) is 1. The molecule has 0 fully saturated rings. The fourth-order valence-electron chi connectivity index (χ4n) is 1.56. The quantitative estimate of drug-likeness (QED) is 0.827. The maximum absolute atomic E-state index is 6.02. The lowest BCUT2D eigenvalue weighted by Gasteiger charge is -2.13. The molecule has 3 heteroatoms. The van der Waals surface area contributed by atoms with E-state index in [9.17, 15) is 0 Å². The van der Waals surface area contributed by atoms with Crippen LogP contribution in [0.25, 0.3) is 5.65 Å². The number of pyridine rings is 1. The number of rotatable bonds is 3. The van der Waals surface area contributed by atoms with Crippen LogP contribution in [0.4, 0.5) is 0 Å². The predicted octanol–water partition coefficient (Wildman–Crippen LogP) is 1.86. The van der Waals surface area contributed by atoms with Crippen LogP contribution in [0.5, 0.6) is 0 Å². The molecule has 0 spiro atoms. The molecule has 1 atom stereocenters. The zero-order valence-electron chi connectivity index (χ0n) is 9.22. The van der Waals surface area contributed by atoms with Crippen LogP contribution < -0.4 is 5.73 Å². The number of fused-ring (bicyclic) bond motifs is 1. The third-order valence-electron chi connectivity index (χ3n) is 2.72. The van der Waals surface area contributed by atoms with Crippen LogP contribution in [0.1, 0.15) is 19.5 Å². The zero-order chi connectivity index (χ0) is 10.8. The van der Waals surface area contributed by atoms with Crippen molar-refractivity contribution >= 4 is 5.65 Å². The van der Waals surface area contributed by atoms with E-state index in [0.717, 1.165) is 17.8 Å². The van der Waals surface area contributed by atoms with Crippen LogP contribution in [0.15, 0.2) is 30.6 Å². The molecule has 0 aliphatic carbocycles. The summed E-state index contributed by atoms with van der Waals surface area (Å²) in [5, 5.41) is 0. The lowest BCUT2D eigenvalue weighted by atomic mass is 10.0. The first-order chi connectivity index (χ1) is 7.16. The normalized spacial score (nSPS) is 13.6. The third kappa shape index (κ3) is 2.18. The van der Waals surface area contributed by atoms with Crippen LogP contribution >= 0.6 is 0 Å². The van der Waals surface area contributed by atoms with Gasteiger partial charge in [0, 0.05) is 24.9 Å². The fourth-order valence-corrected chi connectivity index (χ4v) is 1.56. The average Bonchev–Trinajstić information content (AvgIpc) is 2.59. The van der Waals surface area contributed by atoms with Crippen molar-refractivity contribution in [2.45, 2.75) is 26.3 Å². The van der Waals surface area contributed by atoms with Crippen LogP contribution in [-0.2, 0) is 6.42 Å². The molecule has 0 aromatic carbocycles. The number of nitrogens with two attached hydrogens (primary N) is 1. The summed E-state index contributed by atoms with van der Waals surface area (Å²) in [5.41, 5.74) is 8.08. The van der Waals surface area contributed by atoms with E-state index in [0.29, 0.717) is 5.92 Å². The van der Waals surface area contributed by atoms with E-state index >= 15 is 0 Å². The van der Waals surface area contributed by atoms with E-state index in [1.54, 1.807) is 0 Å². The molecule has 0 radical (unpaired) electrons. The molecule has 2 N–H and O–H groups in total. The van der Waals surface area contributed by atoms with Crippen LogP contribution in [0, 0.1) is 5.92 Å². The Hall–Kier alpha value is -1.35. The molecule has 0 saturated carbocycles. The van der Waals surface area contributed by atoms with Gasteiger partial charge in [0.15, 0.2) is 0 Å². The van der Waals surface area contributed by atoms with Gasteiger partial charge in [0.25, 0.3) is 0 Å². The van der Waals surface area contributed by atoms with Crippen molar-refractivity contribution in [1.82, 2.24) is 9.38 Å². The summed E-state index contributed by atoms with van der Waals surface area (Å²) in [4.78, 5) is 4.52. The number of imidazole rings is 1. The Kier molecular flexibility index (Phi) is 2.73. The van der Waals surface area contributed by atoms with Crippen LogP contribution in [-0.4, -0.2) is 15.4 Å². The molecule has 2 aromatic heterocycles. The van der Waals surface area contributed by atoms with Gasteiger partial charge in [-0.3, -0.25) is 0 Å². The Morgan fingerprint density at radius 3 is 2.87 bits per heavy atom. The van der Waals surface area contributed by atoms with Gasteiger partial charge in [0.2, 0.25) is 0 Å². The van der Waals surface area contributed by atoms with Gasteiger partial charge < -0.3 is 10.1 Å². The van der Waals surface area contributed by atoms with Crippen LogP contribution in [0.2, 0.25) is 0 Å². The van der Waals surface area contributed by atoms with E-state index in [2.05, 4.69) is 25.0 Å². The second kappa shape index (κ2) is 4.03. The predicted molar refractivity (Wildman–Crippen MR) is 61.7 cm³/mol. The lowest BCUT2D eigenvalue weighted by Crippen LogP contribution is -2.28. The van der Waals surface area contributed by atoms with E-state index < -0.39 is 0 Å². The van der Waals surface area contributed by atoms with Gasteiger partial charge in [0.05, 0.1) is 5.69 Å². The topological polar surface area (TPSA) is 43.3 Å². The second-order valence-electron chi connectivity index (χ2n) is 4.31. The van der Waals surface area contributed by atoms with Crippen molar-refractivity contribution < 1.29 is 0 Å². The van der Waals surface area contributed by atoms with Gasteiger partial charge in [0.1, 0.15) is 5.65 Å². The summed E-state index contributed by atoms with van der Waals surface area (Å²) in [6.45, 7) is 4.28. The minimum Gasteiger partial charge on any atom is -0.327 e. The molecule has 15 heavy (non-hydrogen) atoms. The van der Waals surface area contributed by atoms with Crippen molar-refractivity contribution in [2.75, 3.05) is 0 Å². The van der Waals surface area contributed by atoms with Crippen molar-refractivity contribution in [3.63, 3.8) is 0 Å². The molecule has 0 aliphatic rings. The Morgan fingerprint density at radius 1 is 1.40 bits per heavy atom. The molecule has 0 aliphatic heterocycles. The smallest absolute Gasteiger partial charge is 0.136 e. The summed E-state index contributed by atoms with van der Waals surface area (Å²) in [5.74, 6) is 0.495. The first-order valence-corrected chi connectivity index (χ1v) is 5.35. The summed E-state index contributed by atoms with van der Waals surface area (Å²) in [7, 11) is 0. The Labute approximate surface area is 89.9 Å². The van der Waals surface area contributed by atoms with Gasteiger partial charge in [-0.25, -0.2) is 4.98 Å². The maximum atomic E-state index is 6.02. The molecule has 0 amide bonds. The largest absolute Gasteiger partial charge is 0.327 e. The van der Waals surface area contributed by atoms with E-state index in [-0.39, 0.29) is 6.04 Å². The summed E-state index contributed by atoms with van der Waals surface area (Å²) in [6, 6.07) is 6.19. The van der Waals surface area contributed by atoms with E-state index in [1.165, 1.54) is 0 Å². The standard InChI is InChI=1S/C12H17N3/c1-9(2)11(13)7-10-8-15-6-4-3-5-12(15)14-10/h3-6,8-9,11H,7,13H2,1-2H3. The van der Waals surface area contributed by atoms with Gasteiger partial charge in [-0.1, -0.05) is 19.9 Å². The molecule has 2 rings (SSSR count). The van der Waals surface area contributed by atoms with Gasteiger partial charge >= 0.3 is 0 Å². The Bertz CT molecular complexity index is 412. The van der Waals surface area contributed by atoms with Crippen LogP contribution in [0.3, 0.4) is 0 Å². The molecular weight excluding hydrogens is 186 g/mol. The number of aromatic nitrogens is 2. The fraction of sp³-hybridized carbons (Fsp3) is 0.417. The van der Waals surface area contributed by atoms with Gasteiger partial charge in [-0.2, -0.15) is 0 Å². The molecule has 80 valence electrons. The van der Waals surface area contributed by atoms with Gasteiger partial charge in [-0.15, -0.1) is 0 Å². The van der Waals surface area contributed by atoms with Crippen molar-refractivity contribution in [3.05, 3.63) is 36.3 Å². The molecule has 2 heterocycles. The molecule has 1 unspecified atom stereocenters. The average molecular weight is 203 g/mol. The highest BCUT2D eigenvalue weighted by Crippen LogP contribution is 2.09. The van der Waals surface area contributed by atoms with E-state index in [1.807, 2.05) is 28.8 Å². The van der Waals surface area contributed by atoms with Crippen molar-refractivity contribution in [1.29, 1.82) is 0 Å². The molecular formula is C12H17N3. The lowest BCUT2D eigenvalue weighted by molar-refractivity contribution is 0.487. The molecule has 3 nitrogen and oxygen atoms in total. The molecule has 0 bridgehead atoms. The first-order valence-electron chi connectivity index (χ1n) is 5.35. The highest BCUT2D eigenvalue weighted by atomic mass is 15.0. The molecule has 2 aromatic rings. The molecule has 0 saturated heterocycles. The minimum atomic E-state index is 0.190. The highest BCUT2D eigenvalue weighted by Gasteiger charge is 2.10. The number of nitrogens with zero attached hydrogens (tertiary/aromatic N) is 2. The van der Waals surface area contributed by atoms with E-state index in [4.69, 9.17) is 5.73 Å². The number of hydrogen-bond acceptors (Lipinski definition) is 2. The summed E-state index contributed by atoms with van der Waals surface area (Å²) < 4.78 is 2.03. The zero-order valence-corrected chi connectivity index (χ0v) is 9.22. The summed E-state index contributed by atoms with van der Waals surface area (Å²) >= 11 is 0. The minimum absolute atomic E-state index is 0.190. The van der Waals surface area contributed by atoms with Crippen molar-refractivity contribution in [2.24, 2.45) is 11.7 Å². The summed E-state index contributed by atoms with van der Waals surface area (Å²) in [6.07, 6.45) is 4.91.